The number of hydrogen-bond donors (Lipinski definition) is 0. The predicted octanol–water partition coefficient (Wildman–Crippen LogP) is 4.28. The van der Waals surface area contributed by atoms with E-state index in [1.54, 1.807) is 6.07 Å². The summed E-state index contributed by atoms with van der Waals surface area (Å²) in [6.45, 7) is 6.35. The average Bonchev–Trinajstić information content (AvgIpc) is 2.31. The summed E-state index contributed by atoms with van der Waals surface area (Å²) < 4.78 is 10.6. The van der Waals surface area contributed by atoms with Gasteiger partial charge in [-0.2, -0.15) is 0 Å². The SMILES string of the molecule is CC(C)(C)OC(=O)CCOCCc1cccc(Cl)c1Cl. The number of hydrogen-bond acceptors (Lipinski definition) is 3. The van der Waals surface area contributed by atoms with Gasteiger partial charge in [0, 0.05) is 0 Å². The van der Waals surface area contributed by atoms with Gasteiger partial charge in [0.15, 0.2) is 0 Å². The van der Waals surface area contributed by atoms with Crippen LogP contribution in [0.5, 0.6) is 0 Å². The quantitative estimate of drug-likeness (QED) is 0.580. The molecule has 0 heterocycles. The van der Waals surface area contributed by atoms with Crippen molar-refractivity contribution in [3.05, 3.63) is 33.8 Å². The third kappa shape index (κ3) is 6.60. The number of halogens is 2. The van der Waals surface area contributed by atoms with Crippen LogP contribution in [0.25, 0.3) is 0 Å². The maximum atomic E-state index is 11.4. The van der Waals surface area contributed by atoms with Crippen LogP contribution in [0.15, 0.2) is 18.2 Å². The van der Waals surface area contributed by atoms with Gasteiger partial charge in [-0.25, -0.2) is 0 Å². The maximum absolute atomic E-state index is 11.4. The van der Waals surface area contributed by atoms with E-state index in [-0.39, 0.29) is 12.4 Å². The zero-order chi connectivity index (χ0) is 15.2. The van der Waals surface area contributed by atoms with Crippen molar-refractivity contribution in [3.63, 3.8) is 0 Å². The average molecular weight is 319 g/mol. The Morgan fingerprint density at radius 1 is 1.20 bits per heavy atom. The van der Waals surface area contributed by atoms with E-state index in [2.05, 4.69) is 0 Å². The van der Waals surface area contributed by atoms with Gasteiger partial charge in [-0.1, -0.05) is 35.3 Å². The highest BCUT2D eigenvalue weighted by Crippen LogP contribution is 2.25. The maximum Gasteiger partial charge on any atom is 0.308 e. The van der Waals surface area contributed by atoms with E-state index >= 15 is 0 Å². The standard InChI is InChI=1S/C15H20Cl2O3/c1-15(2,3)20-13(18)8-10-19-9-7-11-5-4-6-12(16)14(11)17/h4-6H,7-10H2,1-3H3. The van der Waals surface area contributed by atoms with Crippen molar-refractivity contribution >= 4 is 29.2 Å². The second kappa shape index (κ2) is 7.87. The Morgan fingerprint density at radius 2 is 1.90 bits per heavy atom. The van der Waals surface area contributed by atoms with Gasteiger partial charge in [0.05, 0.1) is 29.7 Å². The van der Waals surface area contributed by atoms with Crippen LogP contribution in [0.3, 0.4) is 0 Å². The van der Waals surface area contributed by atoms with Gasteiger partial charge in [0.25, 0.3) is 0 Å². The number of ether oxygens (including phenoxy) is 2. The van der Waals surface area contributed by atoms with Crippen LogP contribution < -0.4 is 0 Å². The molecule has 0 spiro atoms. The Morgan fingerprint density at radius 3 is 2.55 bits per heavy atom. The van der Waals surface area contributed by atoms with Crippen molar-refractivity contribution in [3.8, 4) is 0 Å². The minimum Gasteiger partial charge on any atom is -0.460 e. The lowest BCUT2D eigenvalue weighted by Crippen LogP contribution is -2.24. The summed E-state index contributed by atoms with van der Waals surface area (Å²) in [7, 11) is 0. The molecule has 0 bridgehead atoms. The molecule has 0 radical (unpaired) electrons. The van der Waals surface area contributed by atoms with Crippen LogP contribution in [0.4, 0.5) is 0 Å². The Balaban J connectivity index is 2.23. The van der Waals surface area contributed by atoms with Crippen molar-refractivity contribution in [2.75, 3.05) is 13.2 Å². The summed E-state index contributed by atoms with van der Waals surface area (Å²) in [6.07, 6.45) is 0.911. The van der Waals surface area contributed by atoms with Gasteiger partial charge in [0.2, 0.25) is 0 Å². The molecule has 0 atom stereocenters. The van der Waals surface area contributed by atoms with Crippen LogP contribution in [-0.4, -0.2) is 24.8 Å². The highest BCUT2D eigenvalue weighted by molar-refractivity contribution is 6.42. The van der Waals surface area contributed by atoms with E-state index in [1.807, 2.05) is 32.9 Å². The molecule has 20 heavy (non-hydrogen) atoms. The topological polar surface area (TPSA) is 35.5 Å². The molecule has 0 aliphatic heterocycles. The fourth-order valence-corrected chi connectivity index (χ4v) is 1.99. The van der Waals surface area contributed by atoms with Gasteiger partial charge >= 0.3 is 5.97 Å². The molecular weight excluding hydrogens is 299 g/mol. The molecule has 0 fully saturated rings. The Hall–Kier alpha value is -0.770. The molecule has 0 unspecified atom stereocenters. The fraction of sp³-hybridized carbons (Fsp3) is 0.533. The van der Waals surface area contributed by atoms with Crippen LogP contribution in [0, 0.1) is 0 Å². The molecule has 0 saturated carbocycles. The van der Waals surface area contributed by atoms with E-state index in [9.17, 15) is 4.79 Å². The number of benzene rings is 1. The summed E-state index contributed by atoms with van der Waals surface area (Å²) in [5.74, 6) is -0.252. The lowest BCUT2D eigenvalue weighted by atomic mass is 10.1. The Labute approximate surface area is 130 Å². The first-order chi connectivity index (χ1) is 9.29. The van der Waals surface area contributed by atoms with E-state index in [1.165, 1.54) is 0 Å². The molecule has 1 rings (SSSR count). The van der Waals surface area contributed by atoms with Crippen LogP contribution >= 0.6 is 23.2 Å². The molecule has 5 heteroatoms. The van der Waals surface area contributed by atoms with Crippen molar-refractivity contribution < 1.29 is 14.3 Å². The second-order valence-corrected chi connectivity index (χ2v) is 6.20. The summed E-state index contributed by atoms with van der Waals surface area (Å²) in [6, 6.07) is 5.51. The second-order valence-electron chi connectivity index (χ2n) is 5.41. The lowest BCUT2D eigenvalue weighted by molar-refractivity contribution is -0.156. The minimum absolute atomic E-state index is 0.251. The van der Waals surface area contributed by atoms with Gasteiger partial charge in [-0.3, -0.25) is 4.79 Å². The zero-order valence-corrected chi connectivity index (χ0v) is 13.6. The Bertz CT molecular complexity index is 453. The predicted molar refractivity (Wildman–Crippen MR) is 81.4 cm³/mol. The molecule has 3 nitrogen and oxygen atoms in total. The highest BCUT2D eigenvalue weighted by atomic mass is 35.5. The first-order valence-corrected chi connectivity index (χ1v) is 7.27. The molecule has 112 valence electrons. The van der Waals surface area contributed by atoms with Crippen LogP contribution in [-0.2, 0) is 20.7 Å². The van der Waals surface area contributed by atoms with E-state index < -0.39 is 5.60 Å². The Kier molecular flexibility index (Phi) is 6.80. The van der Waals surface area contributed by atoms with Gasteiger partial charge in [-0.15, -0.1) is 0 Å². The molecule has 0 amide bonds. The summed E-state index contributed by atoms with van der Waals surface area (Å²) in [4.78, 5) is 11.4. The van der Waals surface area contributed by atoms with Gasteiger partial charge in [0.1, 0.15) is 5.60 Å². The van der Waals surface area contributed by atoms with Crippen LogP contribution in [0.2, 0.25) is 10.0 Å². The van der Waals surface area contributed by atoms with Crippen molar-refractivity contribution in [2.24, 2.45) is 0 Å². The molecule has 0 saturated heterocycles. The number of carbonyl (C=O) groups excluding carboxylic acids is 1. The third-order valence-electron chi connectivity index (χ3n) is 2.42. The monoisotopic (exact) mass is 318 g/mol. The number of esters is 1. The summed E-state index contributed by atoms with van der Waals surface area (Å²) >= 11 is 12.0. The highest BCUT2D eigenvalue weighted by Gasteiger charge is 2.15. The molecule has 0 aliphatic rings. The summed E-state index contributed by atoms with van der Waals surface area (Å²) in [5, 5.41) is 1.10. The van der Waals surface area contributed by atoms with Gasteiger partial charge < -0.3 is 9.47 Å². The number of rotatable bonds is 6. The van der Waals surface area contributed by atoms with Crippen LogP contribution in [0.1, 0.15) is 32.8 Å². The van der Waals surface area contributed by atoms with Crippen molar-refractivity contribution in [1.82, 2.24) is 0 Å². The van der Waals surface area contributed by atoms with Crippen molar-refractivity contribution in [2.45, 2.75) is 39.2 Å². The van der Waals surface area contributed by atoms with E-state index in [0.29, 0.717) is 29.7 Å². The molecular formula is C15H20Cl2O3. The molecule has 0 aliphatic carbocycles. The zero-order valence-electron chi connectivity index (χ0n) is 12.0. The smallest absolute Gasteiger partial charge is 0.308 e. The molecule has 0 aromatic heterocycles. The number of carbonyl (C=O) groups is 1. The minimum atomic E-state index is -0.453. The third-order valence-corrected chi connectivity index (χ3v) is 3.28. The first kappa shape index (κ1) is 17.3. The van der Waals surface area contributed by atoms with E-state index in [4.69, 9.17) is 32.7 Å². The molecule has 1 aromatic carbocycles. The molecule has 1 aromatic rings. The van der Waals surface area contributed by atoms with Gasteiger partial charge in [-0.05, 0) is 38.8 Å². The largest absolute Gasteiger partial charge is 0.460 e. The normalized spacial score (nSPS) is 11.4. The fourth-order valence-electron chi connectivity index (χ4n) is 1.57. The van der Waals surface area contributed by atoms with E-state index in [0.717, 1.165) is 5.56 Å². The van der Waals surface area contributed by atoms with Crippen molar-refractivity contribution in [1.29, 1.82) is 0 Å². The lowest BCUT2D eigenvalue weighted by Gasteiger charge is -2.19. The first-order valence-electron chi connectivity index (χ1n) is 6.52. The molecule has 0 N–H and O–H groups in total. The summed E-state index contributed by atoms with van der Waals surface area (Å²) in [5.41, 5.74) is 0.488.